The minimum atomic E-state index is 0. The van der Waals surface area contributed by atoms with Gasteiger partial charge in [-0.15, -0.1) is 24.2 Å². The average molecular weight is 508 g/mol. The molecule has 0 saturated carbocycles. The first-order chi connectivity index (χ1) is 15.0. The van der Waals surface area contributed by atoms with Crippen LogP contribution in [0.5, 0.6) is 0 Å². The van der Waals surface area contributed by atoms with E-state index in [2.05, 4.69) is 17.1 Å². The Morgan fingerprint density at radius 3 is 2.66 bits per heavy atom. The van der Waals surface area contributed by atoms with Gasteiger partial charge >= 0.3 is 0 Å². The van der Waals surface area contributed by atoms with E-state index in [1.165, 1.54) is 16.2 Å². The highest BCUT2D eigenvalue weighted by atomic mass is 35.5. The number of hydrogen-bond acceptors (Lipinski definition) is 5. The number of thioether (sulfide) groups is 1. The predicted octanol–water partition coefficient (Wildman–Crippen LogP) is 6.26. The van der Waals surface area contributed by atoms with Crippen LogP contribution in [0.3, 0.4) is 0 Å². The average Bonchev–Trinajstić information content (AvgIpc) is 3.45. The Hall–Kier alpha value is -2.06. The third kappa shape index (κ3) is 5.64. The Morgan fingerprint density at radius 1 is 1.22 bits per heavy atom. The number of thiazole rings is 1. The summed E-state index contributed by atoms with van der Waals surface area (Å²) in [4.78, 5) is 25.2. The van der Waals surface area contributed by atoms with Crippen LogP contribution in [0.2, 0.25) is 5.02 Å². The smallest absolute Gasteiger partial charge is 0.233 e. The first-order valence-corrected chi connectivity index (χ1v) is 12.4. The van der Waals surface area contributed by atoms with Crippen molar-refractivity contribution in [2.75, 3.05) is 17.7 Å². The zero-order valence-corrected chi connectivity index (χ0v) is 21.0. The number of rotatable bonds is 8. The summed E-state index contributed by atoms with van der Waals surface area (Å²) in [7, 11) is 0. The number of carbonyl (C=O) groups is 1. The lowest BCUT2D eigenvalue weighted by Gasteiger charge is -2.20. The lowest BCUT2D eigenvalue weighted by molar-refractivity contribution is -0.118. The molecule has 0 aliphatic carbocycles. The fourth-order valence-corrected chi connectivity index (χ4v) is 5.15. The van der Waals surface area contributed by atoms with Crippen molar-refractivity contribution in [1.82, 2.24) is 14.5 Å². The van der Waals surface area contributed by atoms with Gasteiger partial charge in [-0.3, -0.25) is 9.69 Å². The topological polar surface area (TPSA) is 51.0 Å². The van der Waals surface area contributed by atoms with E-state index in [0.717, 1.165) is 34.3 Å². The predicted molar refractivity (Wildman–Crippen MR) is 138 cm³/mol. The van der Waals surface area contributed by atoms with E-state index in [4.69, 9.17) is 16.6 Å². The molecule has 1 amide bonds. The highest BCUT2D eigenvalue weighted by Crippen LogP contribution is 2.36. The highest BCUT2D eigenvalue weighted by molar-refractivity contribution is 7.98. The number of anilines is 1. The molecule has 0 aliphatic rings. The zero-order chi connectivity index (χ0) is 21.8. The molecule has 0 saturated heterocycles. The van der Waals surface area contributed by atoms with Gasteiger partial charge < -0.3 is 4.57 Å². The van der Waals surface area contributed by atoms with Crippen molar-refractivity contribution in [3.63, 3.8) is 0 Å². The third-order valence-electron chi connectivity index (χ3n) is 5.09. The molecule has 2 aromatic carbocycles. The Balaban J connectivity index is 0.00000289. The van der Waals surface area contributed by atoms with E-state index in [1.807, 2.05) is 48.2 Å². The molecule has 4 rings (SSSR count). The van der Waals surface area contributed by atoms with Gasteiger partial charge in [0.15, 0.2) is 5.13 Å². The summed E-state index contributed by atoms with van der Waals surface area (Å²) in [5.74, 6) is 0.0374. The van der Waals surface area contributed by atoms with Gasteiger partial charge in [0, 0.05) is 30.4 Å². The molecule has 0 unspecified atom stereocenters. The maximum absolute atomic E-state index is 13.3. The van der Waals surface area contributed by atoms with Crippen molar-refractivity contribution < 1.29 is 4.79 Å². The van der Waals surface area contributed by atoms with E-state index < -0.39 is 0 Å². The normalized spacial score (nSPS) is 10.8. The molecule has 0 radical (unpaired) electrons. The molecule has 0 N–H and O–H groups in total. The fraction of sp³-hybridized carbons (Fsp3) is 0.261. The fourth-order valence-electron chi connectivity index (χ4n) is 3.38. The second-order valence-corrected chi connectivity index (χ2v) is 9.53. The molecule has 2 heterocycles. The SMILES string of the molecule is CSc1ccc(CC(=O)N(CCCn2ccnc2)c2nc3c(C)ccc(Cl)c3s2)cc1.Cl. The molecule has 0 spiro atoms. The summed E-state index contributed by atoms with van der Waals surface area (Å²) in [6, 6.07) is 12.0. The molecule has 0 atom stereocenters. The van der Waals surface area contributed by atoms with Crippen molar-refractivity contribution in [2.24, 2.45) is 0 Å². The van der Waals surface area contributed by atoms with Crippen LogP contribution in [-0.4, -0.2) is 33.2 Å². The number of benzene rings is 2. The molecule has 168 valence electrons. The molecule has 0 fully saturated rings. The molecule has 4 aromatic rings. The summed E-state index contributed by atoms with van der Waals surface area (Å²) in [5.41, 5.74) is 2.92. The van der Waals surface area contributed by atoms with E-state index in [1.54, 1.807) is 29.2 Å². The second-order valence-electron chi connectivity index (χ2n) is 7.26. The van der Waals surface area contributed by atoms with E-state index in [0.29, 0.717) is 23.1 Å². The zero-order valence-electron chi connectivity index (χ0n) is 17.8. The summed E-state index contributed by atoms with van der Waals surface area (Å²) in [6.07, 6.45) is 8.67. The number of aromatic nitrogens is 3. The molecule has 9 heteroatoms. The van der Waals surface area contributed by atoms with E-state index >= 15 is 0 Å². The van der Waals surface area contributed by atoms with Crippen molar-refractivity contribution in [3.8, 4) is 0 Å². The molecular formula is C23H24Cl2N4OS2. The number of amides is 1. The van der Waals surface area contributed by atoms with Crippen LogP contribution in [-0.2, 0) is 17.8 Å². The van der Waals surface area contributed by atoms with E-state index in [-0.39, 0.29) is 18.3 Å². The van der Waals surface area contributed by atoms with Gasteiger partial charge in [0.05, 0.1) is 28.0 Å². The van der Waals surface area contributed by atoms with Gasteiger partial charge in [0.1, 0.15) is 0 Å². The number of fused-ring (bicyclic) bond motifs is 1. The molecule has 32 heavy (non-hydrogen) atoms. The molecule has 0 aliphatic heterocycles. The van der Waals surface area contributed by atoms with Crippen molar-refractivity contribution in [3.05, 3.63) is 71.3 Å². The third-order valence-corrected chi connectivity index (χ3v) is 7.37. The van der Waals surface area contributed by atoms with Crippen LogP contribution in [0, 0.1) is 6.92 Å². The summed E-state index contributed by atoms with van der Waals surface area (Å²) in [5, 5.41) is 1.37. The first kappa shape index (κ1) is 24.6. The van der Waals surface area contributed by atoms with Crippen LogP contribution < -0.4 is 4.90 Å². The van der Waals surface area contributed by atoms with Crippen LogP contribution in [0.1, 0.15) is 17.5 Å². The quantitative estimate of drug-likeness (QED) is 0.264. The molecular weight excluding hydrogens is 483 g/mol. The lowest BCUT2D eigenvalue weighted by atomic mass is 10.1. The van der Waals surface area contributed by atoms with Crippen LogP contribution >= 0.6 is 47.1 Å². The van der Waals surface area contributed by atoms with Gasteiger partial charge in [0.25, 0.3) is 0 Å². The summed E-state index contributed by atoms with van der Waals surface area (Å²) < 4.78 is 2.94. The minimum absolute atomic E-state index is 0. The number of carbonyl (C=O) groups excluding carboxylic acids is 1. The second kappa shape index (κ2) is 11.2. The van der Waals surface area contributed by atoms with Gasteiger partial charge in [-0.05, 0) is 48.9 Å². The Morgan fingerprint density at radius 2 is 2.00 bits per heavy atom. The van der Waals surface area contributed by atoms with Crippen LogP contribution in [0.15, 0.2) is 60.0 Å². The van der Waals surface area contributed by atoms with Crippen molar-refractivity contribution in [1.29, 1.82) is 0 Å². The Labute approximate surface area is 207 Å². The maximum Gasteiger partial charge on any atom is 0.233 e. The van der Waals surface area contributed by atoms with Gasteiger partial charge in [0.2, 0.25) is 5.91 Å². The standard InChI is InChI=1S/C23H23ClN4OS2.ClH/c1-16-4-9-19(24)22-21(16)26-23(31-22)28(12-3-11-27-13-10-25-15-27)20(29)14-17-5-7-18(30-2)8-6-17;/h4-10,13,15H,3,11-12,14H2,1-2H3;1H. The Kier molecular flexibility index (Phi) is 8.59. The largest absolute Gasteiger partial charge is 0.337 e. The van der Waals surface area contributed by atoms with Crippen LogP contribution in [0.25, 0.3) is 10.2 Å². The molecule has 0 bridgehead atoms. The van der Waals surface area contributed by atoms with Gasteiger partial charge in [-0.1, -0.05) is 41.1 Å². The van der Waals surface area contributed by atoms with Crippen molar-refractivity contribution in [2.45, 2.75) is 31.2 Å². The molecule has 2 aromatic heterocycles. The first-order valence-electron chi connectivity index (χ1n) is 10.00. The van der Waals surface area contributed by atoms with Crippen molar-refractivity contribution >= 4 is 68.4 Å². The Bertz CT molecular complexity index is 1140. The summed E-state index contributed by atoms with van der Waals surface area (Å²) >= 11 is 9.58. The number of hydrogen-bond donors (Lipinski definition) is 0. The lowest BCUT2D eigenvalue weighted by Crippen LogP contribution is -2.33. The highest BCUT2D eigenvalue weighted by Gasteiger charge is 2.21. The minimum Gasteiger partial charge on any atom is -0.337 e. The van der Waals surface area contributed by atoms with Crippen LogP contribution in [0.4, 0.5) is 5.13 Å². The van der Waals surface area contributed by atoms with Gasteiger partial charge in [-0.25, -0.2) is 9.97 Å². The van der Waals surface area contributed by atoms with Gasteiger partial charge in [-0.2, -0.15) is 0 Å². The summed E-state index contributed by atoms with van der Waals surface area (Å²) in [6.45, 7) is 3.38. The number of halogens is 2. The monoisotopic (exact) mass is 506 g/mol. The number of aryl methyl sites for hydroxylation is 2. The number of nitrogens with zero attached hydrogens (tertiary/aromatic N) is 4. The maximum atomic E-state index is 13.3. The van der Waals surface area contributed by atoms with E-state index in [9.17, 15) is 4.79 Å². The number of imidazole rings is 1. The molecule has 5 nitrogen and oxygen atoms in total.